The molecule has 2 fully saturated rings. The molecule has 6 heteroatoms. The summed E-state index contributed by atoms with van der Waals surface area (Å²) < 4.78 is 12.4. The summed E-state index contributed by atoms with van der Waals surface area (Å²) >= 11 is 5.71. The Morgan fingerprint density at radius 2 is 0.784 bits per heavy atom. The molecular weight excluding hydrogens is 919 g/mol. The van der Waals surface area contributed by atoms with Crippen LogP contribution in [0.2, 0.25) is 0 Å². The second kappa shape index (κ2) is 14.6. The van der Waals surface area contributed by atoms with Crippen molar-refractivity contribution in [2.75, 3.05) is 0 Å². The zero-order valence-corrected chi connectivity index (χ0v) is 36.4. The van der Waals surface area contributed by atoms with Crippen LogP contribution in [0.4, 0.5) is 0 Å². The van der Waals surface area contributed by atoms with Gasteiger partial charge < -0.3 is 44.4 Å². The maximum Gasteiger partial charge on any atom is 0.0663 e. The minimum atomic E-state index is -0.518. The summed E-state index contributed by atoms with van der Waals surface area (Å²) in [5, 5.41) is 0. The van der Waals surface area contributed by atoms with E-state index < -0.39 is 4.93 Å². The number of hydrogen-bond donors (Lipinski definition) is 0. The summed E-state index contributed by atoms with van der Waals surface area (Å²) in [7, 11) is 0. The molecule has 0 aromatic rings. The van der Waals surface area contributed by atoms with Crippen LogP contribution < -0.4 is 0 Å². The van der Waals surface area contributed by atoms with E-state index in [2.05, 4.69) is 118 Å². The van der Waals surface area contributed by atoms with E-state index in [1.807, 2.05) is 6.92 Å². The van der Waals surface area contributed by atoms with Crippen molar-refractivity contribution in [2.45, 2.75) is 141 Å². The van der Waals surface area contributed by atoms with Crippen LogP contribution in [0.5, 0.6) is 0 Å². The van der Waals surface area contributed by atoms with Crippen LogP contribution >= 0.6 is 0 Å². The molecule has 0 aliphatic carbocycles. The van der Waals surface area contributed by atoms with E-state index in [1.165, 1.54) is 0 Å². The zero-order chi connectivity index (χ0) is 25.5. The molecule has 0 bridgehead atoms. The molecular formula is C31H63Au2O2SY-5. The summed E-state index contributed by atoms with van der Waals surface area (Å²) in [6.45, 7) is 40.5. The maximum absolute atomic E-state index is 6.24. The molecule has 3 radical (unpaired) electrons. The van der Waals surface area contributed by atoms with E-state index in [9.17, 15) is 0 Å². The van der Waals surface area contributed by atoms with Gasteiger partial charge in [-0.2, -0.15) is 13.0 Å². The van der Waals surface area contributed by atoms with E-state index in [0.29, 0.717) is 0 Å². The molecule has 2 aliphatic rings. The monoisotopic (exact) mass is 982 g/mol. The molecule has 2 aliphatic heterocycles. The van der Waals surface area contributed by atoms with Gasteiger partial charge in [0.2, 0.25) is 0 Å². The topological polar surface area (TPSA) is 18.5 Å². The molecule has 1 atom stereocenters. The number of ether oxygens (including phenoxy) is 2. The second-order valence-corrected chi connectivity index (χ2v) is 15.3. The number of rotatable bonds is 0. The first-order chi connectivity index (χ1) is 13.1. The molecule has 0 aromatic carbocycles. The molecule has 0 saturated carbocycles. The van der Waals surface area contributed by atoms with Gasteiger partial charge in [-0.3, -0.25) is 0 Å². The van der Waals surface area contributed by atoms with Crippen molar-refractivity contribution in [1.29, 1.82) is 0 Å². The van der Waals surface area contributed by atoms with Crippen molar-refractivity contribution in [3.05, 3.63) is 28.4 Å². The van der Waals surface area contributed by atoms with Crippen LogP contribution in [0, 0.1) is 60.9 Å². The molecule has 2 nitrogen and oxygen atoms in total. The van der Waals surface area contributed by atoms with E-state index in [0.717, 1.165) is 6.10 Å². The minimum absolute atomic E-state index is 0. The van der Waals surface area contributed by atoms with Crippen LogP contribution in [-0.4, -0.2) is 16.1 Å². The predicted octanol–water partition coefficient (Wildman–Crippen LogP) is 9.91. The first kappa shape index (κ1) is 52.5. The third-order valence-electron chi connectivity index (χ3n) is 12.1. The Kier molecular flexibility index (Phi) is 20.6. The van der Waals surface area contributed by atoms with Gasteiger partial charge in [0.05, 0.1) is 5.60 Å². The molecule has 235 valence electrons. The third kappa shape index (κ3) is 7.69. The summed E-state index contributed by atoms with van der Waals surface area (Å²) in [6.07, 6.45) is 1.16. The van der Waals surface area contributed by atoms with Crippen molar-refractivity contribution >= 4 is 12.6 Å². The Hall–Kier alpha value is 2.85. The molecule has 1 unspecified atom stereocenters. The summed E-state index contributed by atoms with van der Waals surface area (Å²) in [5.41, 5.74) is 0.300. The van der Waals surface area contributed by atoms with Crippen molar-refractivity contribution < 1.29 is 86.9 Å². The predicted molar refractivity (Wildman–Crippen MR) is 157 cm³/mol. The summed E-state index contributed by atoms with van der Waals surface area (Å²) in [4.78, 5) is -0.518. The molecule has 0 spiro atoms. The van der Waals surface area contributed by atoms with E-state index >= 15 is 0 Å². The third-order valence-corrected chi connectivity index (χ3v) is 12.7. The molecule has 37 heavy (non-hydrogen) atoms. The maximum atomic E-state index is 6.24. The number of hydrogen-bond acceptors (Lipinski definition) is 3. The van der Waals surface area contributed by atoms with Gasteiger partial charge in [0.1, 0.15) is 0 Å². The van der Waals surface area contributed by atoms with Crippen LogP contribution in [0.15, 0.2) is 0 Å². The first-order valence-corrected chi connectivity index (χ1v) is 12.4. The van der Waals surface area contributed by atoms with Gasteiger partial charge in [0.15, 0.2) is 0 Å². The van der Waals surface area contributed by atoms with E-state index in [4.69, 9.17) is 22.1 Å². The van der Waals surface area contributed by atoms with Gasteiger partial charge in [-0.15, -0.1) is 5.41 Å². The standard InChI is InChI=1S/C14H28OS.C14H27O.3CH3.2Au.Y/c1-10(2)11(3,4)13(7,8)15-14(9,16)12(10,5)6;1-10-11(2,3)12(4,5)13(6,7)14(8,9)15-10;;;;;;/h16H,1-9H3;1-9H3;3*1H3;;;/q;4*-1;;;/p-1. The SMILES string of the molecule is CC1(C)OC(C)([S-])C(C)(C)C(C)(C)C1(C)C.C[C-]1OC(C)(C)C(C)(C)C(C)(C)C1(C)C.[Au].[Au].[CH3-].[CH3-].[CH3-].[Y]. The average Bonchev–Trinajstić information content (AvgIpc) is 2.50. The smallest absolute Gasteiger partial charge is 0.0663 e. The summed E-state index contributed by atoms with van der Waals surface area (Å²) in [5.74, 6) is 0. The quantitative estimate of drug-likeness (QED) is 0.137. The Morgan fingerprint density at radius 1 is 0.486 bits per heavy atom. The molecule has 2 rings (SSSR count). The molecule has 0 N–H and O–H groups in total. The Balaban J connectivity index is -0.000000112. The van der Waals surface area contributed by atoms with Crippen LogP contribution in [0.25, 0.3) is 0 Å². The van der Waals surface area contributed by atoms with Crippen LogP contribution in [0.3, 0.4) is 0 Å². The average molecular weight is 983 g/mol. The molecule has 0 aromatic heterocycles. The Morgan fingerprint density at radius 3 is 1.11 bits per heavy atom. The van der Waals surface area contributed by atoms with Gasteiger partial charge in [0, 0.05) is 83.1 Å². The van der Waals surface area contributed by atoms with Crippen molar-refractivity contribution in [3.8, 4) is 0 Å². The van der Waals surface area contributed by atoms with E-state index in [-0.39, 0.29) is 143 Å². The fourth-order valence-corrected chi connectivity index (χ4v) is 5.92. The van der Waals surface area contributed by atoms with Crippen molar-refractivity contribution in [2.24, 2.45) is 32.5 Å². The van der Waals surface area contributed by atoms with Gasteiger partial charge in [-0.1, -0.05) is 90.0 Å². The molecule has 2 heterocycles. The second-order valence-electron chi connectivity index (χ2n) is 14.5. The molecule has 2 saturated heterocycles. The Bertz CT molecular complexity index is 665. The summed E-state index contributed by atoms with van der Waals surface area (Å²) in [6, 6.07) is 0. The van der Waals surface area contributed by atoms with Crippen molar-refractivity contribution in [3.63, 3.8) is 0 Å². The largest absolute Gasteiger partial charge is 0.757 e. The van der Waals surface area contributed by atoms with Gasteiger partial charge in [-0.05, 0) is 59.7 Å². The fourth-order valence-electron chi connectivity index (χ4n) is 5.46. The first-order valence-electron chi connectivity index (χ1n) is 12.0. The normalized spacial score (nSPS) is 30.2. The Labute approximate surface area is 298 Å². The van der Waals surface area contributed by atoms with E-state index in [1.54, 1.807) is 0 Å². The van der Waals surface area contributed by atoms with Crippen molar-refractivity contribution in [1.82, 2.24) is 0 Å². The zero-order valence-electron chi connectivity index (χ0n) is 28.4. The van der Waals surface area contributed by atoms with Gasteiger partial charge >= 0.3 is 0 Å². The van der Waals surface area contributed by atoms with Gasteiger partial charge in [-0.25, -0.2) is 0 Å². The van der Waals surface area contributed by atoms with Gasteiger partial charge in [0.25, 0.3) is 0 Å². The van der Waals surface area contributed by atoms with Crippen LogP contribution in [0.1, 0.15) is 125 Å². The fraction of sp³-hybridized carbons (Fsp3) is 0.871. The molecule has 0 amide bonds. The van der Waals surface area contributed by atoms with Crippen LogP contribution in [-0.2, 0) is 99.6 Å². The minimum Gasteiger partial charge on any atom is -0.757 e.